The number of halogens is 8. The van der Waals surface area contributed by atoms with Crippen LogP contribution in [0.15, 0.2) is 41.4 Å². The van der Waals surface area contributed by atoms with Crippen LogP contribution in [0, 0.1) is 23.6 Å². The van der Waals surface area contributed by atoms with Gasteiger partial charge in [0, 0.05) is 24.2 Å². The molecule has 45 heavy (non-hydrogen) atoms. The van der Waals surface area contributed by atoms with Crippen molar-refractivity contribution in [3.8, 4) is 0 Å². The van der Waals surface area contributed by atoms with Crippen LogP contribution < -0.4 is 0 Å². The van der Waals surface area contributed by atoms with E-state index >= 15 is 0 Å². The van der Waals surface area contributed by atoms with E-state index < -0.39 is 84.3 Å². The summed E-state index contributed by atoms with van der Waals surface area (Å²) in [6.45, 7) is 1.54. The lowest BCUT2D eigenvalue weighted by Gasteiger charge is -2.43. The normalized spacial score (nSPS) is 27.5. The number of pyridine rings is 1. The number of hydrogen-bond acceptors (Lipinski definition) is 5. The highest BCUT2D eigenvalue weighted by Crippen LogP contribution is 2.56. The number of fused-ring (bicyclic) bond motifs is 3. The number of sulfone groups is 1. The first-order chi connectivity index (χ1) is 20.8. The van der Waals surface area contributed by atoms with Crippen LogP contribution in [0.5, 0.6) is 0 Å². The fourth-order valence-corrected chi connectivity index (χ4v) is 9.62. The predicted molar refractivity (Wildman–Crippen MR) is 140 cm³/mol. The molecule has 2 unspecified atom stereocenters. The van der Waals surface area contributed by atoms with Crippen molar-refractivity contribution in [1.29, 1.82) is 0 Å². The number of carboxylic acids is 1. The number of nitrogens with zero attached hydrogens (tertiary/aromatic N) is 2. The number of alkyl halides is 7. The third-order valence-electron chi connectivity index (χ3n) is 9.59. The van der Waals surface area contributed by atoms with E-state index in [0.717, 1.165) is 24.3 Å². The maximum absolute atomic E-state index is 15.0. The largest absolute Gasteiger partial charge is 0.481 e. The zero-order valence-corrected chi connectivity index (χ0v) is 24.4. The molecule has 0 spiro atoms. The Balaban J connectivity index is 1.63. The molecule has 1 amide bonds. The maximum Gasteiger partial charge on any atom is 0.436 e. The smallest absolute Gasteiger partial charge is 0.436 e. The van der Waals surface area contributed by atoms with Crippen LogP contribution in [0.2, 0.25) is 0 Å². The molecule has 1 saturated heterocycles. The van der Waals surface area contributed by atoms with Crippen molar-refractivity contribution >= 4 is 21.7 Å². The molecule has 2 heterocycles. The standard InChI is InChI=1S/C29H28F8N2O5S/c1-15-12-17(25(41)42)2-8-21(15)24(40)39-11-10-26(45(43,44)20-6-4-19(30)5-7-20)22(39)9-3-16-13-18(14-38-23(16)26)27(31,28(32,33)34)29(35,36)37/h4-7,13-15,17,21-22H,2-3,8-12H2,1H3,(H,41,42)/t15-,17+,21+,22?,26?/m0/s1. The van der Waals surface area contributed by atoms with Crippen LogP contribution in [0.4, 0.5) is 35.1 Å². The summed E-state index contributed by atoms with van der Waals surface area (Å²) in [5.74, 6) is -3.92. The predicted octanol–water partition coefficient (Wildman–Crippen LogP) is 5.86. The van der Waals surface area contributed by atoms with E-state index in [2.05, 4.69) is 4.98 Å². The van der Waals surface area contributed by atoms with Gasteiger partial charge < -0.3 is 10.0 Å². The van der Waals surface area contributed by atoms with E-state index in [4.69, 9.17) is 0 Å². The first kappa shape index (κ1) is 33.1. The molecular weight excluding hydrogens is 640 g/mol. The van der Waals surface area contributed by atoms with Crippen molar-refractivity contribution in [3.05, 3.63) is 59.2 Å². The molecule has 5 rings (SSSR count). The third-order valence-corrected chi connectivity index (χ3v) is 12.1. The van der Waals surface area contributed by atoms with Gasteiger partial charge in [-0.2, -0.15) is 26.3 Å². The minimum absolute atomic E-state index is 0.0316. The van der Waals surface area contributed by atoms with Gasteiger partial charge in [0.2, 0.25) is 5.91 Å². The van der Waals surface area contributed by atoms with Crippen LogP contribution in [0.1, 0.15) is 55.8 Å². The molecule has 2 aliphatic carbocycles. The molecule has 0 radical (unpaired) electrons. The van der Waals surface area contributed by atoms with E-state index in [1.165, 1.54) is 4.90 Å². The van der Waals surface area contributed by atoms with Crippen LogP contribution in [-0.4, -0.2) is 60.2 Å². The average Bonchev–Trinajstić information content (AvgIpc) is 3.37. The lowest BCUT2D eigenvalue weighted by atomic mass is 9.74. The Kier molecular flexibility index (Phi) is 8.01. The minimum atomic E-state index is -6.41. The Hall–Kier alpha value is -3.30. The SMILES string of the molecule is C[C@H]1C[C@H](C(=O)O)CC[C@H]1C(=O)N1CCC2(S(=O)(=O)c3ccc(F)cc3)c3ncc(C(F)(C(F)(F)F)C(F)(F)F)cc3CCC12. The van der Waals surface area contributed by atoms with Crippen molar-refractivity contribution in [1.82, 2.24) is 9.88 Å². The van der Waals surface area contributed by atoms with Gasteiger partial charge in [-0.05, 0) is 80.3 Å². The molecule has 246 valence electrons. The van der Waals surface area contributed by atoms with Gasteiger partial charge in [-0.15, -0.1) is 0 Å². The van der Waals surface area contributed by atoms with Crippen molar-refractivity contribution in [3.63, 3.8) is 0 Å². The van der Waals surface area contributed by atoms with E-state index in [0.29, 0.717) is 6.07 Å². The third kappa shape index (κ3) is 4.97. The van der Waals surface area contributed by atoms with Crippen molar-refractivity contribution in [2.45, 2.75) is 79.2 Å². The van der Waals surface area contributed by atoms with Crippen molar-refractivity contribution in [2.75, 3.05) is 6.54 Å². The average molecular weight is 669 g/mol. The van der Waals surface area contributed by atoms with E-state index in [9.17, 15) is 58.2 Å². The zero-order valence-electron chi connectivity index (χ0n) is 23.6. The number of aliphatic carboxylic acids is 1. The van der Waals surface area contributed by atoms with E-state index in [1.54, 1.807) is 6.92 Å². The van der Waals surface area contributed by atoms with E-state index in [-0.39, 0.29) is 62.7 Å². The quantitative estimate of drug-likeness (QED) is 0.316. The van der Waals surface area contributed by atoms with Gasteiger partial charge in [-0.1, -0.05) is 6.92 Å². The Morgan fingerprint density at radius 2 is 1.62 bits per heavy atom. The molecule has 7 nitrogen and oxygen atoms in total. The topological polar surface area (TPSA) is 105 Å². The Morgan fingerprint density at radius 1 is 1.00 bits per heavy atom. The molecule has 5 atom stereocenters. The Bertz CT molecular complexity index is 1600. The lowest BCUT2D eigenvalue weighted by Crippen LogP contribution is -2.54. The number of benzene rings is 1. The summed E-state index contributed by atoms with van der Waals surface area (Å²) in [4.78, 5) is 30.1. The molecule has 1 aromatic heterocycles. The molecule has 0 bridgehead atoms. The number of amides is 1. The van der Waals surface area contributed by atoms with Crippen LogP contribution >= 0.6 is 0 Å². The molecule has 3 aliphatic rings. The summed E-state index contributed by atoms with van der Waals surface area (Å²) in [7, 11) is -4.67. The number of aryl methyl sites for hydroxylation is 1. The number of carboxylic acid groups (broad SMARTS) is 1. The second kappa shape index (κ2) is 10.9. The second-order valence-electron chi connectivity index (χ2n) is 12.0. The Morgan fingerprint density at radius 3 is 2.18 bits per heavy atom. The summed E-state index contributed by atoms with van der Waals surface area (Å²) in [6.07, 6.45) is -13.1. The summed E-state index contributed by atoms with van der Waals surface area (Å²) >= 11 is 0. The van der Waals surface area contributed by atoms with Crippen molar-refractivity contribution < 1.29 is 58.2 Å². The Labute approximate surface area is 252 Å². The van der Waals surface area contributed by atoms with Crippen LogP contribution in [-0.2, 0) is 36.3 Å². The monoisotopic (exact) mass is 668 g/mol. The first-order valence-corrected chi connectivity index (χ1v) is 15.6. The second-order valence-corrected chi connectivity index (χ2v) is 14.2. The lowest BCUT2D eigenvalue weighted by molar-refractivity contribution is -0.348. The molecule has 2 fully saturated rings. The van der Waals surface area contributed by atoms with Gasteiger partial charge in [-0.25, -0.2) is 17.2 Å². The van der Waals surface area contributed by atoms with Gasteiger partial charge in [-0.3, -0.25) is 14.6 Å². The van der Waals surface area contributed by atoms with Gasteiger partial charge in [0.05, 0.1) is 22.5 Å². The van der Waals surface area contributed by atoms with Gasteiger partial charge in [0.1, 0.15) is 10.6 Å². The van der Waals surface area contributed by atoms with Crippen LogP contribution in [0.25, 0.3) is 0 Å². The number of aromatic nitrogens is 1. The number of rotatable bonds is 5. The highest BCUT2D eigenvalue weighted by molar-refractivity contribution is 7.92. The first-order valence-electron chi connectivity index (χ1n) is 14.1. The minimum Gasteiger partial charge on any atom is -0.481 e. The van der Waals surface area contributed by atoms with Gasteiger partial charge >= 0.3 is 24.0 Å². The fraction of sp³-hybridized carbons (Fsp3) is 0.552. The highest BCUT2D eigenvalue weighted by Gasteiger charge is 2.74. The summed E-state index contributed by atoms with van der Waals surface area (Å²) in [5.41, 5.74) is -8.40. The van der Waals surface area contributed by atoms with Gasteiger partial charge in [0.25, 0.3) is 0 Å². The molecule has 1 aliphatic heterocycles. The molecule has 2 aromatic rings. The number of hydrogen-bond donors (Lipinski definition) is 1. The number of carbonyl (C=O) groups excluding carboxylic acids is 1. The van der Waals surface area contributed by atoms with Crippen molar-refractivity contribution in [2.24, 2.45) is 17.8 Å². The van der Waals surface area contributed by atoms with Crippen LogP contribution in [0.3, 0.4) is 0 Å². The van der Waals surface area contributed by atoms with E-state index in [1.807, 2.05) is 0 Å². The summed E-state index contributed by atoms with van der Waals surface area (Å²) in [6, 6.07) is 2.81. The maximum atomic E-state index is 15.0. The van der Waals surface area contributed by atoms with Gasteiger partial charge in [0.15, 0.2) is 9.84 Å². The molecule has 1 saturated carbocycles. The zero-order chi connectivity index (χ0) is 33.3. The molecule has 1 N–H and O–H groups in total. The molecular formula is C29H28F8N2O5S. The highest BCUT2D eigenvalue weighted by atomic mass is 32.2. The summed E-state index contributed by atoms with van der Waals surface area (Å²) in [5, 5.41) is 9.41. The fourth-order valence-electron chi connectivity index (χ4n) is 7.31. The molecule has 1 aromatic carbocycles. The molecule has 16 heteroatoms. The summed E-state index contributed by atoms with van der Waals surface area (Å²) < 4.78 is 137. The number of likely N-dealkylation sites (tertiary alicyclic amines) is 1. The number of carbonyl (C=O) groups is 2.